The number of rotatable bonds is 7. The van der Waals surface area contributed by atoms with Crippen LogP contribution in [0.5, 0.6) is 5.75 Å². The molecule has 1 heterocycles. The maximum Gasteiger partial charge on any atom is 0.446 e. The van der Waals surface area contributed by atoms with Crippen molar-refractivity contribution in [3.05, 3.63) is 30.3 Å². The Hall–Kier alpha value is -1.27. The summed E-state index contributed by atoms with van der Waals surface area (Å²) in [4.78, 5) is 0. The first kappa shape index (κ1) is 15.1. The topological polar surface area (TPSA) is 31.0 Å². The molecule has 20 heavy (non-hydrogen) atoms. The van der Waals surface area contributed by atoms with Gasteiger partial charge in [-0.2, -0.15) is 13.2 Å². The first-order valence-electron chi connectivity index (χ1n) is 6.56. The second-order valence-corrected chi connectivity index (χ2v) is 4.51. The molecule has 112 valence electrons. The second kappa shape index (κ2) is 6.01. The molecule has 0 spiro atoms. The summed E-state index contributed by atoms with van der Waals surface area (Å²) in [6.45, 7) is 1.84. The van der Waals surface area contributed by atoms with E-state index in [2.05, 4.69) is 0 Å². The quantitative estimate of drug-likeness (QED) is 0.568. The first-order chi connectivity index (χ1) is 9.49. The molecule has 0 saturated carbocycles. The lowest BCUT2D eigenvalue weighted by atomic mass is 10.1. The SMILES string of the molecule is CCOC1(C(F)(F)F)OC1CCCOc1ccccc1. The van der Waals surface area contributed by atoms with E-state index >= 15 is 0 Å². The third-order valence-electron chi connectivity index (χ3n) is 3.06. The highest BCUT2D eigenvalue weighted by molar-refractivity contribution is 5.20. The van der Waals surface area contributed by atoms with Crippen molar-refractivity contribution in [2.75, 3.05) is 13.2 Å². The third-order valence-corrected chi connectivity index (χ3v) is 3.06. The Balaban J connectivity index is 1.73. The zero-order valence-electron chi connectivity index (χ0n) is 11.2. The highest BCUT2D eigenvalue weighted by atomic mass is 19.4. The van der Waals surface area contributed by atoms with Gasteiger partial charge in [-0.05, 0) is 31.9 Å². The van der Waals surface area contributed by atoms with Gasteiger partial charge in [-0.1, -0.05) is 18.2 Å². The van der Waals surface area contributed by atoms with Gasteiger partial charge in [-0.15, -0.1) is 0 Å². The maximum absolute atomic E-state index is 12.8. The van der Waals surface area contributed by atoms with Gasteiger partial charge in [0.1, 0.15) is 11.9 Å². The zero-order valence-corrected chi connectivity index (χ0v) is 11.2. The van der Waals surface area contributed by atoms with E-state index in [1.807, 2.05) is 18.2 Å². The van der Waals surface area contributed by atoms with Gasteiger partial charge in [-0.3, -0.25) is 0 Å². The average Bonchev–Trinajstić information content (AvgIpc) is 3.11. The van der Waals surface area contributed by atoms with Crippen molar-refractivity contribution in [3.8, 4) is 5.75 Å². The fourth-order valence-corrected chi connectivity index (χ4v) is 2.07. The lowest BCUT2D eigenvalue weighted by Crippen LogP contribution is -2.38. The molecule has 1 aliphatic heterocycles. The van der Waals surface area contributed by atoms with Crippen molar-refractivity contribution in [2.24, 2.45) is 0 Å². The minimum atomic E-state index is -4.49. The van der Waals surface area contributed by atoms with Crippen LogP contribution in [-0.4, -0.2) is 31.3 Å². The molecule has 6 heteroatoms. The van der Waals surface area contributed by atoms with E-state index < -0.39 is 18.1 Å². The highest BCUT2D eigenvalue weighted by Crippen LogP contribution is 2.52. The molecule has 0 N–H and O–H groups in total. The monoisotopic (exact) mass is 290 g/mol. The third kappa shape index (κ3) is 3.24. The molecule has 3 nitrogen and oxygen atoms in total. The largest absolute Gasteiger partial charge is 0.494 e. The lowest BCUT2D eigenvalue weighted by molar-refractivity contribution is -0.270. The standard InChI is InChI=1S/C14H17F3O3/c1-2-19-13(14(15,16)17)12(20-13)9-6-10-18-11-7-4-3-5-8-11/h3-5,7-8,12H,2,6,9-10H2,1H3. The molecule has 0 aromatic heterocycles. The molecule has 1 saturated heterocycles. The van der Waals surface area contributed by atoms with Crippen molar-refractivity contribution in [3.63, 3.8) is 0 Å². The summed E-state index contributed by atoms with van der Waals surface area (Å²) >= 11 is 0. The van der Waals surface area contributed by atoms with Crippen molar-refractivity contribution in [1.29, 1.82) is 0 Å². The summed E-state index contributed by atoms with van der Waals surface area (Å²) in [6, 6.07) is 9.14. The van der Waals surface area contributed by atoms with Gasteiger partial charge in [0.25, 0.3) is 5.79 Å². The Morgan fingerprint density at radius 3 is 2.55 bits per heavy atom. The van der Waals surface area contributed by atoms with Crippen LogP contribution >= 0.6 is 0 Å². The van der Waals surface area contributed by atoms with E-state index in [1.54, 1.807) is 12.1 Å². The Bertz CT molecular complexity index is 421. The minimum Gasteiger partial charge on any atom is -0.494 e. The van der Waals surface area contributed by atoms with Crippen LogP contribution in [0.25, 0.3) is 0 Å². The number of hydrogen-bond acceptors (Lipinski definition) is 3. The van der Waals surface area contributed by atoms with Crippen LogP contribution in [0.3, 0.4) is 0 Å². The smallest absolute Gasteiger partial charge is 0.446 e. The van der Waals surface area contributed by atoms with Crippen LogP contribution in [0.1, 0.15) is 19.8 Å². The van der Waals surface area contributed by atoms with Crippen molar-refractivity contribution < 1.29 is 27.4 Å². The Labute approximate surface area is 115 Å². The van der Waals surface area contributed by atoms with Crippen LogP contribution in [0.2, 0.25) is 0 Å². The first-order valence-corrected chi connectivity index (χ1v) is 6.56. The van der Waals surface area contributed by atoms with Gasteiger partial charge in [0.2, 0.25) is 0 Å². The van der Waals surface area contributed by atoms with Crippen molar-refractivity contribution in [1.82, 2.24) is 0 Å². The molecule has 1 fully saturated rings. The van der Waals surface area contributed by atoms with Crippen molar-refractivity contribution in [2.45, 2.75) is 37.8 Å². The molecular formula is C14H17F3O3. The second-order valence-electron chi connectivity index (χ2n) is 4.51. The van der Waals surface area contributed by atoms with E-state index in [0.717, 1.165) is 0 Å². The fourth-order valence-electron chi connectivity index (χ4n) is 2.07. The van der Waals surface area contributed by atoms with E-state index in [1.165, 1.54) is 6.92 Å². The molecule has 2 rings (SSSR count). The maximum atomic E-state index is 12.8. The molecule has 2 unspecified atom stereocenters. The number of hydrogen-bond donors (Lipinski definition) is 0. The van der Waals surface area contributed by atoms with Gasteiger partial charge < -0.3 is 14.2 Å². The van der Waals surface area contributed by atoms with Crippen molar-refractivity contribution >= 4 is 0 Å². The number of benzene rings is 1. The summed E-state index contributed by atoms with van der Waals surface area (Å²) in [6.07, 6.45) is -4.69. The fraction of sp³-hybridized carbons (Fsp3) is 0.571. The Morgan fingerprint density at radius 2 is 1.95 bits per heavy atom. The zero-order chi connectivity index (χ0) is 14.6. The number of ether oxygens (including phenoxy) is 3. The average molecular weight is 290 g/mol. The van der Waals surface area contributed by atoms with Crippen LogP contribution in [-0.2, 0) is 9.47 Å². The molecule has 2 atom stereocenters. The van der Waals surface area contributed by atoms with Gasteiger partial charge in [-0.25, -0.2) is 0 Å². The molecule has 1 aliphatic rings. The summed E-state index contributed by atoms with van der Waals surface area (Å²) in [5.41, 5.74) is 0. The normalized spacial score (nSPS) is 25.5. The minimum absolute atomic E-state index is 0.0312. The van der Waals surface area contributed by atoms with E-state index in [4.69, 9.17) is 14.2 Å². The van der Waals surface area contributed by atoms with Gasteiger partial charge >= 0.3 is 6.18 Å². The van der Waals surface area contributed by atoms with Crippen LogP contribution in [0, 0.1) is 0 Å². The number of halogens is 3. The predicted molar refractivity (Wildman–Crippen MR) is 66.5 cm³/mol. The van der Waals surface area contributed by atoms with E-state index in [-0.39, 0.29) is 13.0 Å². The van der Waals surface area contributed by atoms with Crippen LogP contribution < -0.4 is 4.74 Å². The van der Waals surface area contributed by atoms with Crippen LogP contribution in [0.15, 0.2) is 30.3 Å². The molecule has 1 aromatic carbocycles. The van der Waals surface area contributed by atoms with Gasteiger partial charge in [0.15, 0.2) is 0 Å². The van der Waals surface area contributed by atoms with E-state index in [0.29, 0.717) is 18.8 Å². The molecule has 0 bridgehead atoms. The molecule has 0 radical (unpaired) electrons. The number of para-hydroxylation sites is 1. The highest BCUT2D eigenvalue weighted by Gasteiger charge is 2.74. The summed E-state index contributed by atoms with van der Waals surface area (Å²) in [5, 5.41) is 0. The lowest BCUT2D eigenvalue weighted by Gasteiger charge is -2.16. The number of alkyl halides is 3. The molecule has 0 aliphatic carbocycles. The molecular weight excluding hydrogens is 273 g/mol. The summed E-state index contributed by atoms with van der Waals surface area (Å²) < 4.78 is 53.4. The molecule has 1 aromatic rings. The van der Waals surface area contributed by atoms with E-state index in [9.17, 15) is 13.2 Å². The predicted octanol–water partition coefficient (Wildman–Crippen LogP) is 3.54. The Kier molecular flexibility index (Phi) is 4.55. The van der Waals surface area contributed by atoms with Gasteiger partial charge in [0, 0.05) is 6.61 Å². The molecule has 0 amide bonds. The number of epoxide rings is 1. The van der Waals surface area contributed by atoms with Gasteiger partial charge in [0.05, 0.1) is 6.61 Å². The van der Waals surface area contributed by atoms with Crippen LogP contribution in [0.4, 0.5) is 13.2 Å². The summed E-state index contributed by atoms with van der Waals surface area (Å²) in [5.74, 6) is -1.69. The summed E-state index contributed by atoms with van der Waals surface area (Å²) in [7, 11) is 0. The Morgan fingerprint density at radius 1 is 1.25 bits per heavy atom.